The number of carbonyl (C=O) groups is 1. The van der Waals surface area contributed by atoms with Crippen LogP contribution in [-0.4, -0.2) is 59.6 Å². The van der Waals surface area contributed by atoms with Gasteiger partial charge in [0.05, 0.1) is 0 Å². The van der Waals surface area contributed by atoms with Crippen molar-refractivity contribution in [3.8, 4) is 0 Å². The average Bonchev–Trinajstić information content (AvgIpc) is 3.10. The van der Waals surface area contributed by atoms with Gasteiger partial charge in [-0.1, -0.05) is 30.3 Å². The highest BCUT2D eigenvalue weighted by Gasteiger charge is 2.30. The molecule has 2 aromatic rings. The highest BCUT2D eigenvalue weighted by Crippen LogP contribution is 2.33. The Bertz CT molecular complexity index is 696. The molecule has 25 heavy (non-hydrogen) atoms. The van der Waals surface area contributed by atoms with Crippen LogP contribution >= 0.6 is 0 Å². The fourth-order valence-corrected chi connectivity index (χ4v) is 3.71. The maximum Gasteiger partial charge on any atom is 0.269 e. The zero-order valence-electron chi connectivity index (χ0n) is 15.0. The van der Waals surface area contributed by atoms with Crippen molar-refractivity contribution in [2.24, 2.45) is 5.92 Å². The van der Waals surface area contributed by atoms with Crippen molar-refractivity contribution in [3.05, 3.63) is 59.4 Å². The lowest BCUT2D eigenvalue weighted by molar-refractivity contribution is 0.0821. The molecule has 1 fully saturated rings. The summed E-state index contributed by atoms with van der Waals surface area (Å²) in [6.45, 7) is 2.84. The molecule has 2 heterocycles. The Kier molecular flexibility index (Phi) is 5.56. The predicted octanol–water partition coefficient (Wildman–Crippen LogP) is 2.31. The molecule has 5 nitrogen and oxygen atoms in total. The van der Waals surface area contributed by atoms with Gasteiger partial charge in [-0.15, -0.1) is 0 Å². The van der Waals surface area contributed by atoms with Crippen LogP contribution in [0.15, 0.2) is 42.5 Å². The van der Waals surface area contributed by atoms with Crippen LogP contribution < -0.4 is 0 Å². The Morgan fingerprint density at radius 1 is 1.24 bits per heavy atom. The van der Waals surface area contributed by atoms with Crippen LogP contribution in [0.3, 0.4) is 0 Å². The molecule has 0 bridgehead atoms. The summed E-state index contributed by atoms with van der Waals surface area (Å²) in [7, 11) is 3.51. The smallest absolute Gasteiger partial charge is 0.269 e. The molecular formula is C20H27N3O2. The van der Waals surface area contributed by atoms with Gasteiger partial charge in [0.25, 0.3) is 5.91 Å². The quantitative estimate of drug-likeness (QED) is 0.877. The van der Waals surface area contributed by atoms with Gasteiger partial charge in [0, 0.05) is 45.4 Å². The highest BCUT2D eigenvalue weighted by molar-refractivity contribution is 5.92. The van der Waals surface area contributed by atoms with Crippen LogP contribution in [0, 0.1) is 5.92 Å². The number of nitrogens with one attached hydrogen (secondary N) is 1. The van der Waals surface area contributed by atoms with Gasteiger partial charge in [0.1, 0.15) is 5.69 Å². The van der Waals surface area contributed by atoms with Crippen molar-refractivity contribution in [3.63, 3.8) is 0 Å². The number of aliphatic hydroxyl groups is 1. The lowest BCUT2D eigenvalue weighted by atomic mass is 9.81. The second-order valence-corrected chi connectivity index (χ2v) is 7.08. The fourth-order valence-electron chi connectivity index (χ4n) is 3.71. The normalized spacial score (nSPS) is 21.2. The third kappa shape index (κ3) is 4.11. The van der Waals surface area contributed by atoms with E-state index >= 15 is 0 Å². The van der Waals surface area contributed by atoms with Crippen LogP contribution in [0.5, 0.6) is 0 Å². The number of likely N-dealkylation sites (tertiary alicyclic amines) is 1. The standard InChI is InChI=1S/C20H27N3O2/c1-22(2)20(25)19-9-8-17(21-19)13-23-11-10-18(16(12-23)14-24)15-6-4-3-5-7-15/h3-9,16,18,21,24H,10-14H2,1-2H3/t16-,18+/m1/s1. The van der Waals surface area contributed by atoms with Gasteiger partial charge >= 0.3 is 0 Å². The van der Waals surface area contributed by atoms with E-state index in [4.69, 9.17) is 0 Å². The highest BCUT2D eigenvalue weighted by atomic mass is 16.3. The molecule has 0 unspecified atom stereocenters. The molecule has 1 amide bonds. The van der Waals surface area contributed by atoms with E-state index in [0.717, 1.165) is 31.7 Å². The summed E-state index contributed by atoms with van der Waals surface area (Å²) in [5, 5.41) is 9.86. The first-order valence-corrected chi connectivity index (χ1v) is 8.86. The van der Waals surface area contributed by atoms with Gasteiger partial charge in [-0.05, 0) is 36.6 Å². The number of hydrogen-bond acceptors (Lipinski definition) is 3. The van der Waals surface area contributed by atoms with Crippen molar-refractivity contribution in [2.45, 2.75) is 18.9 Å². The van der Waals surface area contributed by atoms with E-state index < -0.39 is 0 Å². The van der Waals surface area contributed by atoms with Crippen LogP contribution in [-0.2, 0) is 6.54 Å². The van der Waals surface area contributed by atoms with Crippen LogP contribution in [0.2, 0.25) is 0 Å². The summed E-state index contributed by atoms with van der Waals surface area (Å²) >= 11 is 0. The fraction of sp³-hybridized carbons (Fsp3) is 0.450. The van der Waals surface area contributed by atoms with Crippen molar-refractivity contribution < 1.29 is 9.90 Å². The van der Waals surface area contributed by atoms with Crippen LogP contribution in [0.1, 0.15) is 34.1 Å². The molecule has 1 saturated heterocycles. The molecular weight excluding hydrogens is 314 g/mol. The number of aromatic amines is 1. The topological polar surface area (TPSA) is 59.6 Å². The molecule has 2 atom stereocenters. The van der Waals surface area contributed by atoms with E-state index in [1.54, 1.807) is 19.0 Å². The summed E-state index contributed by atoms with van der Waals surface area (Å²) in [5.41, 5.74) is 2.98. The van der Waals surface area contributed by atoms with E-state index in [0.29, 0.717) is 11.6 Å². The van der Waals surface area contributed by atoms with Crippen molar-refractivity contribution >= 4 is 5.91 Å². The second-order valence-electron chi connectivity index (χ2n) is 7.08. The first kappa shape index (κ1) is 17.7. The molecule has 1 aliphatic heterocycles. The monoisotopic (exact) mass is 341 g/mol. The third-order valence-electron chi connectivity index (χ3n) is 5.06. The van der Waals surface area contributed by atoms with Gasteiger partial charge in [-0.3, -0.25) is 9.69 Å². The van der Waals surface area contributed by atoms with E-state index in [1.165, 1.54) is 5.56 Å². The summed E-state index contributed by atoms with van der Waals surface area (Å²) < 4.78 is 0. The van der Waals surface area contributed by atoms with Gasteiger partial charge < -0.3 is 15.0 Å². The minimum atomic E-state index is -0.0118. The Balaban J connectivity index is 1.63. The summed E-state index contributed by atoms with van der Waals surface area (Å²) in [4.78, 5) is 19.1. The van der Waals surface area contributed by atoms with E-state index in [9.17, 15) is 9.90 Å². The number of piperidine rings is 1. The van der Waals surface area contributed by atoms with Gasteiger partial charge in [0.2, 0.25) is 0 Å². The number of aromatic nitrogens is 1. The lowest BCUT2D eigenvalue weighted by Gasteiger charge is -2.38. The molecule has 5 heteroatoms. The lowest BCUT2D eigenvalue weighted by Crippen LogP contribution is -2.40. The first-order chi connectivity index (χ1) is 12.1. The number of aliphatic hydroxyl groups excluding tert-OH is 1. The van der Waals surface area contributed by atoms with Crippen molar-refractivity contribution in [2.75, 3.05) is 33.8 Å². The molecule has 0 aliphatic carbocycles. The Labute approximate surface area is 149 Å². The number of hydrogen-bond donors (Lipinski definition) is 2. The zero-order valence-corrected chi connectivity index (χ0v) is 15.0. The summed E-state index contributed by atoms with van der Waals surface area (Å²) in [5.74, 6) is 0.647. The molecule has 1 aromatic heterocycles. The predicted molar refractivity (Wildman–Crippen MR) is 98.5 cm³/mol. The minimum absolute atomic E-state index is 0.0118. The van der Waals surface area contributed by atoms with E-state index in [2.05, 4.69) is 34.1 Å². The molecule has 0 saturated carbocycles. The van der Waals surface area contributed by atoms with Crippen molar-refractivity contribution in [1.29, 1.82) is 0 Å². The SMILES string of the molecule is CN(C)C(=O)c1ccc(CN2CC[C@@H](c3ccccc3)[C@@H](CO)C2)[nH]1. The maximum atomic E-state index is 12.0. The van der Waals surface area contributed by atoms with E-state index in [-0.39, 0.29) is 18.4 Å². The first-order valence-electron chi connectivity index (χ1n) is 8.86. The van der Waals surface area contributed by atoms with Crippen molar-refractivity contribution in [1.82, 2.24) is 14.8 Å². The van der Waals surface area contributed by atoms with Crippen LogP contribution in [0.4, 0.5) is 0 Å². The minimum Gasteiger partial charge on any atom is -0.396 e. The molecule has 0 spiro atoms. The second kappa shape index (κ2) is 7.85. The number of carbonyl (C=O) groups excluding carboxylic acids is 1. The van der Waals surface area contributed by atoms with E-state index in [1.807, 2.05) is 18.2 Å². The molecule has 1 aromatic carbocycles. The largest absolute Gasteiger partial charge is 0.396 e. The molecule has 1 aliphatic rings. The zero-order chi connectivity index (χ0) is 17.8. The number of rotatable bonds is 5. The Morgan fingerprint density at radius 2 is 2.00 bits per heavy atom. The summed E-state index contributed by atoms with van der Waals surface area (Å²) in [6, 6.07) is 14.3. The number of benzene rings is 1. The molecule has 2 N–H and O–H groups in total. The number of amides is 1. The average molecular weight is 341 g/mol. The van der Waals surface area contributed by atoms with Gasteiger partial charge in [-0.25, -0.2) is 0 Å². The number of nitrogens with zero attached hydrogens (tertiary/aromatic N) is 2. The van der Waals surface area contributed by atoms with Gasteiger partial charge in [-0.2, -0.15) is 0 Å². The maximum absolute atomic E-state index is 12.0. The Morgan fingerprint density at radius 3 is 2.68 bits per heavy atom. The molecule has 3 rings (SSSR count). The van der Waals surface area contributed by atoms with Gasteiger partial charge in [0.15, 0.2) is 0 Å². The number of H-pyrrole nitrogens is 1. The summed E-state index contributed by atoms with van der Waals surface area (Å²) in [6.07, 6.45) is 1.04. The van der Waals surface area contributed by atoms with Crippen LogP contribution in [0.25, 0.3) is 0 Å². The Hall–Kier alpha value is -2.11. The third-order valence-corrected chi connectivity index (χ3v) is 5.06. The molecule has 134 valence electrons. The molecule has 0 radical (unpaired) electrons.